The van der Waals surface area contributed by atoms with Crippen LogP contribution in [0.5, 0.6) is 5.75 Å². The van der Waals surface area contributed by atoms with Gasteiger partial charge in [-0.2, -0.15) is 0 Å². The normalized spacial score (nSPS) is 22.7. The summed E-state index contributed by atoms with van der Waals surface area (Å²) in [5.74, 6) is -0.402. The van der Waals surface area contributed by atoms with Crippen LogP contribution in [0.3, 0.4) is 0 Å². The van der Waals surface area contributed by atoms with Crippen LogP contribution in [0.4, 0.5) is 0 Å². The Labute approximate surface area is 189 Å². The van der Waals surface area contributed by atoms with Crippen molar-refractivity contribution in [1.29, 1.82) is 0 Å². The van der Waals surface area contributed by atoms with Crippen molar-refractivity contribution < 1.29 is 19.1 Å². The zero-order chi connectivity index (χ0) is 22.8. The molecule has 0 fully saturated rings. The zero-order valence-corrected chi connectivity index (χ0v) is 18.9. The molecule has 2 aromatic carbocycles. The fraction of sp³-hybridized carbons (Fsp3) is 0.333. The van der Waals surface area contributed by atoms with Crippen molar-refractivity contribution in [3.05, 3.63) is 88.8 Å². The lowest BCUT2D eigenvalue weighted by molar-refractivity contribution is -0.143. The van der Waals surface area contributed by atoms with Crippen LogP contribution in [0, 0.1) is 5.92 Å². The van der Waals surface area contributed by atoms with E-state index in [4.69, 9.17) is 9.47 Å². The van der Waals surface area contributed by atoms with Crippen LogP contribution in [0.15, 0.2) is 77.6 Å². The first-order chi connectivity index (χ1) is 15.4. The van der Waals surface area contributed by atoms with Gasteiger partial charge in [-0.25, -0.2) is 4.79 Å². The van der Waals surface area contributed by atoms with E-state index >= 15 is 0 Å². The van der Waals surface area contributed by atoms with Gasteiger partial charge in [0.15, 0.2) is 0 Å². The predicted octanol–water partition coefficient (Wildman–Crippen LogP) is 4.86. The number of carbonyl (C=O) groups is 2. The molecule has 1 heterocycles. The number of hydrogen-bond donors (Lipinski definition) is 1. The van der Waals surface area contributed by atoms with E-state index in [1.807, 2.05) is 75.4 Å². The quantitative estimate of drug-likeness (QED) is 0.685. The molecule has 166 valence electrons. The van der Waals surface area contributed by atoms with Crippen molar-refractivity contribution in [3.8, 4) is 5.75 Å². The molecule has 2 aromatic rings. The summed E-state index contributed by atoms with van der Waals surface area (Å²) in [7, 11) is 1.62. The van der Waals surface area contributed by atoms with Gasteiger partial charge < -0.3 is 14.8 Å². The standard InChI is InChI=1S/C27H29NO4/c1-16(2)32-27(30)24-17(3)28-22-14-20(18-8-6-5-7-9-18)15-23(29)26(22)25(24)19-10-12-21(31-4)13-11-19/h5-14,16,20,25-26,28H,15H2,1-4H3. The highest BCUT2D eigenvalue weighted by Gasteiger charge is 2.45. The molecule has 3 atom stereocenters. The summed E-state index contributed by atoms with van der Waals surface area (Å²) in [4.78, 5) is 26.7. The number of ether oxygens (including phenoxy) is 2. The van der Waals surface area contributed by atoms with Gasteiger partial charge in [-0.15, -0.1) is 0 Å². The highest BCUT2D eigenvalue weighted by Crippen LogP contribution is 2.46. The molecule has 0 bridgehead atoms. The van der Waals surface area contributed by atoms with Crippen LogP contribution in [-0.4, -0.2) is 25.0 Å². The van der Waals surface area contributed by atoms with Gasteiger partial charge in [0, 0.05) is 29.7 Å². The molecular weight excluding hydrogens is 402 g/mol. The van der Waals surface area contributed by atoms with Crippen molar-refractivity contribution in [2.45, 2.75) is 45.1 Å². The maximum atomic E-state index is 13.5. The zero-order valence-electron chi connectivity index (χ0n) is 18.9. The highest BCUT2D eigenvalue weighted by molar-refractivity contribution is 5.96. The van der Waals surface area contributed by atoms with Crippen LogP contribution in [0.1, 0.15) is 50.2 Å². The average Bonchev–Trinajstić information content (AvgIpc) is 2.78. The molecule has 1 aliphatic heterocycles. The van der Waals surface area contributed by atoms with E-state index in [0.717, 1.165) is 28.3 Å². The number of ketones is 1. The maximum absolute atomic E-state index is 13.5. The van der Waals surface area contributed by atoms with Gasteiger partial charge in [-0.1, -0.05) is 48.5 Å². The predicted molar refractivity (Wildman–Crippen MR) is 123 cm³/mol. The van der Waals surface area contributed by atoms with Crippen molar-refractivity contribution >= 4 is 11.8 Å². The molecule has 5 heteroatoms. The Morgan fingerprint density at radius 1 is 1.00 bits per heavy atom. The molecule has 2 aliphatic rings. The summed E-state index contributed by atoms with van der Waals surface area (Å²) >= 11 is 0. The summed E-state index contributed by atoms with van der Waals surface area (Å²) in [5.41, 5.74) is 4.10. The van der Waals surface area contributed by atoms with E-state index < -0.39 is 11.8 Å². The lowest BCUT2D eigenvalue weighted by Crippen LogP contribution is -2.42. The lowest BCUT2D eigenvalue weighted by Gasteiger charge is -2.39. The molecule has 3 unspecified atom stereocenters. The van der Waals surface area contributed by atoms with Crippen molar-refractivity contribution in [1.82, 2.24) is 5.32 Å². The summed E-state index contributed by atoms with van der Waals surface area (Å²) in [6.45, 7) is 5.53. The molecule has 1 N–H and O–H groups in total. The van der Waals surface area contributed by atoms with E-state index in [1.54, 1.807) is 7.11 Å². The molecule has 0 spiro atoms. The number of benzene rings is 2. The summed E-state index contributed by atoms with van der Waals surface area (Å²) in [6.07, 6.45) is 2.30. The van der Waals surface area contributed by atoms with Gasteiger partial charge in [-0.3, -0.25) is 4.79 Å². The molecule has 5 nitrogen and oxygen atoms in total. The van der Waals surface area contributed by atoms with Crippen LogP contribution >= 0.6 is 0 Å². The van der Waals surface area contributed by atoms with Crippen LogP contribution in [0.25, 0.3) is 0 Å². The Morgan fingerprint density at radius 3 is 2.31 bits per heavy atom. The van der Waals surface area contributed by atoms with Gasteiger partial charge >= 0.3 is 5.97 Å². The third-order valence-electron chi connectivity index (χ3n) is 6.13. The number of hydrogen-bond acceptors (Lipinski definition) is 5. The molecule has 0 saturated heterocycles. The Bertz CT molecular complexity index is 1070. The Balaban J connectivity index is 1.81. The van der Waals surface area contributed by atoms with Gasteiger partial charge in [0.25, 0.3) is 0 Å². The van der Waals surface area contributed by atoms with Crippen molar-refractivity contribution in [2.24, 2.45) is 5.92 Å². The van der Waals surface area contributed by atoms with E-state index in [9.17, 15) is 9.59 Å². The third-order valence-corrected chi connectivity index (χ3v) is 6.13. The summed E-state index contributed by atoms with van der Waals surface area (Å²) in [6, 6.07) is 17.6. The van der Waals surface area contributed by atoms with Gasteiger partial charge in [-0.05, 0) is 44.0 Å². The van der Waals surface area contributed by atoms with Gasteiger partial charge in [0.1, 0.15) is 11.5 Å². The number of carbonyl (C=O) groups excluding carboxylic acids is 2. The topological polar surface area (TPSA) is 64.6 Å². The lowest BCUT2D eigenvalue weighted by atomic mass is 9.68. The van der Waals surface area contributed by atoms with Crippen LogP contribution in [0.2, 0.25) is 0 Å². The fourth-order valence-electron chi connectivity index (χ4n) is 4.71. The second-order valence-electron chi connectivity index (χ2n) is 8.66. The maximum Gasteiger partial charge on any atom is 0.336 e. The summed E-state index contributed by atoms with van der Waals surface area (Å²) in [5, 5.41) is 3.37. The van der Waals surface area contributed by atoms with Crippen LogP contribution in [-0.2, 0) is 14.3 Å². The van der Waals surface area contributed by atoms with Crippen molar-refractivity contribution in [2.75, 3.05) is 7.11 Å². The largest absolute Gasteiger partial charge is 0.497 e. The number of fused-ring (bicyclic) bond motifs is 1. The molecule has 4 rings (SSSR count). The number of methoxy groups -OCH3 is 1. The minimum absolute atomic E-state index is 0.0101. The molecule has 1 aliphatic carbocycles. The minimum atomic E-state index is -0.457. The molecule has 32 heavy (non-hydrogen) atoms. The van der Waals surface area contributed by atoms with E-state index in [0.29, 0.717) is 12.0 Å². The minimum Gasteiger partial charge on any atom is -0.497 e. The molecule has 0 saturated carbocycles. The number of Topliss-reactive ketones (excluding diaryl/α,β-unsaturated/α-hetero) is 1. The Kier molecular flexibility index (Phi) is 6.17. The summed E-state index contributed by atoms with van der Waals surface area (Å²) < 4.78 is 10.9. The average molecular weight is 432 g/mol. The van der Waals surface area contributed by atoms with Crippen molar-refractivity contribution in [3.63, 3.8) is 0 Å². The smallest absolute Gasteiger partial charge is 0.336 e. The fourth-order valence-corrected chi connectivity index (χ4v) is 4.71. The Hall–Kier alpha value is -3.34. The first-order valence-corrected chi connectivity index (χ1v) is 11.0. The number of esters is 1. The highest BCUT2D eigenvalue weighted by atomic mass is 16.5. The number of allylic oxidation sites excluding steroid dienone is 3. The van der Waals surface area contributed by atoms with Gasteiger partial charge in [0.05, 0.1) is 24.7 Å². The van der Waals surface area contributed by atoms with E-state index in [2.05, 4.69) is 11.4 Å². The first-order valence-electron chi connectivity index (χ1n) is 11.0. The molecule has 0 radical (unpaired) electrons. The molecule has 0 amide bonds. The first kappa shape index (κ1) is 21.9. The number of nitrogens with one attached hydrogen (secondary N) is 1. The van der Waals surface area contributed by atoms with E-state index in [1.165, 1.54) is 0 Å². The van der Waals surface area contributed by atoms with Gasteiger partial charge in [0.2, 0.25) is 0 Å². The monoisotopic (exact) mass is 431 g/mol. The molecule has 0 aromatic heterocycles. The second kappa shape index (κ2) is 9.03. The number of rotatable bonds is 5. The third kappa shape index (κ3) is 4.20. The SMILES string of the molecule is COc1ccc(C2C(C(=O)OC(C)C)=C(C)NC3=CC(c4ccccc4)CC(=O)C32)cc1. The second-order valence-corrected chi connectivity index (χ2v) is 8.66. The van der Waals surface area contributed by atoms with E-state index in [-0.39, 0.29) is 23.8 Å². The Morgan fingerprint density at radius 2 is 1.69 bits per heavy atom. The molecular formula is C27H29NO4. The van der Waals surface area contributed by atoms with Crippen LogP contribution < -0.4 is 10.1 Å².